The van der Waals surface area contributed by atoms with E-state index in [0.717, 1.165) is 0 Å². The van der Waals surface area contributed by atoms with Crippen molar-refractivity contribution >= 4 is 23.2 Å². The highest BCUT2D eigenvalue weighted by molar-refractivity contribution is 6.30. The van der Waals surface area contributed by atoms with Crippen molar-refractivity contribution in [3.05, 3.63) is 80.5 Å². The number of anilines is 1. The smallest absolute Gasteiger partial charge is 0.257 e. The van der Waals surface area contributed by atoms with Gasteiger partial charge in [-0.25, -0.2) is 9.37 Å². The van der Waals surface area contributed by atoms with Crippen molar-refractivity contribution in [1.82, 2.24) is 9.55 Å². The van der Waals surface area contributed by atoms with E-state index in [9.17, 15) is 14.0 Å². The van der Waals surface area contributed by atoms with E-state index in [4.69, 9.17) is 11.6 Å². The molecule has 0 aliphatic rings. The van der Waals surface area contributed by atoms with Crippen LogP contribution >= 0.6 is 11.6 Å². The Morgan fingerprint density at radius 1 is 1.18 bits per heavy atom. The van der Waals surface area contributed by atoms with Crippen molar-refractivity contribution in [1.29, 1.82) is 0 Å². The Bertz CT molecular complexity index is 1130. The number of carbonyl (C=O) groups excluding carboxylic acids is 1. The van der Waals surface area contributed by atoms with E-state index in [1.54, 1.807) is 57.2 Å². The fourth-order valence-corrected chi connectivity index (χ4v) is 2.96. The number of nitrogens with one attached hydrogen (secondary N) is 1. The van der Waals surface area contributed by atoms with E-state index in [0.29, 0.717) is 38.9 Å². The summed E-state index contributed by atoms with van der Waals surface area (Å²) >= 11 is 6.07. The molecule has 1 N–H and O–H groups in total. The van der Waals surface area contributed by atoms with Gasteiger partial charge in [-0.05, 0) is 50.6 Å². The lowest BCUT2D eigenvalue weighted by molar-refractivity contribution is -0.116. The predicted molar refractivity (Wildman–Crippen MR) is 108 cm³/mol. The van der Waals surface area contributed by atoms with Gasteiger partial charge in [0.2, 0.25) is 5.91 Å². The first-order valence-corrected chi connectivity index (χ1v) is 9.04. The van der Waals surface area contributed by atoms with Crippen LogP contribution in [-0.2, 0) is 11.3 Å². The lowest BCUT2D eigenvalue weighted by atomic mass is 10.1. The summed E-state index contributed by atoms with van der Waals surface area (Å²) in [4.78, 5) is 29.8. The summed E-state index contributed by atoms with van der Waals surface area (Å²) in [5.74, 6) is -0.526. The first-order chi connectivity index (χ1) is 13.3. The number of hydrogen-bond acceptors (Lipinski definition) is 3. The van der Waals surface area contributed by atoms with Gasteiger partial charge in [0.1, 0.15) is 18.2 Å². The van der Waals surface area contributed by atoms with Crippen LogP contribution in [0.25, 0.3) is 11.4 Å². The van der Waals surface area contributed by atoms with E-state index in [1.807, 2.05) is 0 Å². The number of aryl methyl sites for hydroxylation is 2. The maximum absolute atomic E-state index is 13.7. The van der Waals surface area contributed by atoms with Gasteiger partial charge in [0.15, 0.2) is 0 Å². The van der Waals surface area contributed by atoms with Crippen molar-refractivity contribution in [3.63, 3.8) is 0 Å². The standard InChI is InChI=1S/C21H19ClFN3O2/c1-12-7-8-17(10-18(12)23)25-19(27)11-26-20(15-5-4-6-16(22)9-15)24-14(3)13(2)21(26)28/h4-10H,11H2,1-3H3,(H,25,27). The minimum atomic E-state index is -0.460. The molecule has 0 saturated heterocycles. The molecule has 5 nitrogen and oxygen atoms in total. The number of carbonyl (C=O) groups is 1. The number of rotatable bonds is 4. The first kappa shape index (κ1) is 19.8. The van der Waals surface area contributed by atoms with Gasteiger partial charge in [-0.1, -0.05) is 29.8 Å². The number of hydrogen-bond donors (Lipinski definition) is 1. The van der Waals surface area contributed by atoms with Crippen LogP contribution in [0.2, 0.25) is 5.02 Å². The number of amides is 1. The zero-order valence-electron chi connectivity index (χ0n) is 15.7. The molecule has 28 heavy (non-hydrogen) atoms. The number of aromatic nitrogens is 2. The minimum absolute atomic E-state index is 0.260. The van der Waals surface area contributed by atoms with Gasteiger partial charge in [-0.2, -0.15) is 0 Å². The molecule has 3 rings (SSSR count). The molecule has 0 radical (unpaired) electrons. The highest BCUT2D eigenvalue weighted by atomic mass is 35.5. The van der Waals surface area contributed by atoms with E-state index in [-0.39, 0.29) is 12.1 Å². The van der Waals surface area contributed by atoms with E-state index in [2.05, 4.69) is 10.3 Å². The largest absolute Gasteiger partial charge is 0.324 e. The lowest BCUT2D eigenvalue weighted by Crippen LogP contribution is -2.31. The number of benzene rings is 2. The minimum Gasteiger partial charge on any atom is -0.324 e. The second kappa shape index (κ2) is 7.94. The van der Waals surface area contributed by atoms with Crippen molar-refractivity contribution in [2.75, 3.05) is 5.32 Å². The average molecular weight is 400 g/mol. The summed E-state index contributed by atoms with van der Waals surface area (Å²) in [5, 5.41) is 3.11. The zero-order valence-corrected chi connectivity index (χ0v) is 16.5. The van der Waals surface area contributed by atoms with Gasteiger partial charge in [0, 0.05) is 27.5 Å². The number of nitrogens with zero attached hydrogens (tertiary/aromatic N) is 2. The van der Waals surface area contributed by atoms with Gasteiger partial charge < -0.3 is 5.32 Å². The molecule has 0 spiro atoms. The first-order valence-electron chi connectivity index (χ1n) is 8.66. The normalized spacial score (nSPS) is 10.8. The maximum Gasteiger partial charge on any atom is 0.257 e. The highest BCUT2D eigenvalue weighted by Gasteiger charge is 2.16. The van der Waals surface area contributed by atoms with Crippen molar-refractivity contribution in [2.45, 2.75) is 27.3 Å². The monoisotopic (exact) mass is 399 g/mol. The van der Waals surface area contributed by atoms with Crippen molar-refractivity contribution < 1.29 is 9.18 Å². The van der Waals surface area contributed by atoms with Gasteiger partial charge >= 0.3 is 0 Å². The summed E-state index contributed by atoms with van der Waals surface area (Å²) in [6.07, 6.45) is 0. The lowest BCUT2D eigenvalue weighted by Gasteiger charge is -2.15. The molecule has 7 heteroatoms. The molecule has 3 aromatic rings. The molecule has 0 unspecified atom stereocenters. The molecular formula is C21H19ClFN3O2. The summed E-state index contributed by atoms with van der Waals surface area (Å²) < 4.78 is 15.0. The Hall–Kier alpha value is -2.99. The van der Waals surface area contributed by atoms with Gasteiger partial charge in [-0.15, -0.1) is 0 Å². The van der Waals surface area contributed by atoms with Crippen LogP contribution in [0.4, 0.5) is 10.1 Å². The molecule has 0 bridgehead atoms. The van der Waals surface area contributed by atoms with Gasteiger partial charge in [0.05, 0.1) is 0 Å². The van der Waals surface area contributed by atoms with E-state index in [1.165, 1.54) is 10.6 Å². The average Bonchev–Trinajstić information content (AvgIpc) is 2.65. The fraction of sp³-hybridized carbons (Fsp3) is 0.190. The molecule has 1 amide bonds. The third-order valence-electron chi connectivity index (χ3n) is 4.48. The SMILES string of the molecule is Cc1ccc(NC(=O)Cn2c(-c3cccc(Cl)c3)nc(C)c(C)c2=O)cc1F. The molecule has 0 saturated carbocycles. The quantitative estimate of drug-likeness (QED) is 0.712. The Kier molecular flexibility index (Phi) is 5.61. The van der Waals surface area contributed by atoms with Gasteiger partial charge in [-0.3, -0.25) is 14.2 Å². The Morgan fingerprint density at radius 3 is 2.61 bits per heavy atom. The van der Waals surface area contributed by atoms with Crippen LogP contribution < -0.4 is 10.9 Å². The Balaban J connectivity index is 1.98. The maximum atomic E-state index is 13.7. The third kappa shape index (κ3) is 4.12. The third-order valence-corrected chi connectivity index (χ3v) is 4.71. The van der Waals surface area contributed by atoms with Crippen molar-refractivity contribution in [2.24, 2.45) is 0 Å². The molecular weight excluding hydrogens is 381 g/mol. The second-order valence-corrected chi connectivity index (χ2v) is 7.00. The Morgan fingerprint density at radius 2 is 1.93 bits per heavy atom. The zero-order chi connectivity index (χ0) is 20.4. The number of halogens is 2. The topological polar surface area (TPSA) is 64.0 Å². The van der Waals surface area contributed by atoms with Gasteiger partial charge in [0.25, 0.3) is 5.56 Å². The molecule has 1 heterocycles. The predicted octanol–water partition coefficient (Wildman–Crippen LogP) is 4.27. The fourth-order valence-electron chi connectivity index (χ4n) is 2.77. The van der Waals surface area contributed by atoms with Crippen LogP contribution in [-0.4, -0.2) is 15.5 Å². The summed E-state index contributed by atoms with van der Waals surface area (Å²) in [7, 11) is 0. The summed E-state index contributed by atoms with van der Waals surface area (Å²) in [6.45, 7) is 4.78. The highest BCUT2D eigenvalue weighted by Crippen LogP contribution is 2.21. The molecule has 2 aromatic carbocycles. The summed E-state index contributed by atoms with van der Waals surface area (Å²) in [5.41, 5.74) is 2.16. The van der Waals surface area contributed by atoms with E-state index >= 15 is 0 Å². The molecule has 0 fully saturated rings. The van der Waals surface area contributed by atoms with Crippen LogP contribution in [0.5, 0.6) is 0 Å². The van der Waals surface area contributed by atoms with Crippen LogP contribution in [0, 0.1) is 26.6 Å². The summed E-state index contributed by atoms with van der Waals surface area (Å²) in [6, 6.07) is 11.3. The van der Waals surface area contributed by atoms with Crippen LogP contribution in [0.3, 0.4) is 0 Å². The molecule has 0 aliphatic carbocycles. The molecule has 144 valence electrons. The second-order valence-electron chi connectivity index (χ2n) is 6.56. The molecule has 1 aromatic heterocycles. The van der Waals surface area contributed by atoms with Crippen LogP contribution in [0.15, 0.2) is 47.3 Å². The molecule has 0 atom stereocenters. The Labute approximate surface area is 166 Å². The van der Waals surface area contributed by atoms with Crippen molar-refractivity contribution in [3.8, 4) is 11.4 Å². The molecule has 0 aliphatic heterocycles. The van der Waals surface area contributed by atoms with E-state index < -0.39 is 11.7 Å². The van der Waals surface area contributed by atoms with Crippen LogP contribution in [0.1, 0.15) is 16.8 Å².